The number of hydrogen-bond acceptors (Lipinski definition) is 4. The van der Waals surface area contributed by atoms with Gasteiger partial charge >= 0.3 is 0 Å². The maximum absolute atomic E-state index is 12.0. The van der Waals surface area contributed by atoms with Crippen LogP contribution < -0.4 is 5.32 Å². The van der Waals surface area contributed by atoms with Crippen LogP contribution in [0.3, 0.4) is 0 Å². The lowest BCUT2D eigenvalue weighted by atomic mass is 9.88. The van der Waals surface area contributed by atoms with E-state index in [-0.39, 0.29) is 11.8 Å². The highest BCUT2D eigenvalue weighted by molar-refractivity contribution is 7.91. The molecule has 0 amide bonds. The summed E-state index contributed by atoms with van der Waals surface area (Å²) in [6.07, 6.45) is 2.26. The number of rotatable bonds is 3. The Morgan fingerprint density at radius 3 is 2.72 bits per heavy atom. The average molecular weight is 267 g/mol. The predicted molar refractivity (Wildman–Crippen MR) is 68.2 cm³/mol. The zero-order valence-electron chi connectivity index (χ0n) is 10.3. The van der Waals surface area contributed by atoms with Crippen LogP contribution in [0.25, 0.3) is 0 Å². The van der Waals surface area contributed by atoms with Gasteiger partial charge in [-0.1, -0.05) is 18.2 Å². The number of fused-ring (bicyclic) bond motifs is 1. The molecule has 18 heavy (non-hydrogen) atoms. The molecule has 1 N–H and O–H groups in total. The van der Waals surface area contributed by atoms with Crippen molar-refractivity contribution in [2.24, 2.45) is 0 Å². The number of methoxy groups -OCH3 is 1. The third kappa shape index (κ3) is 1.96. The summed E-state index contributed by atoms with van der Waals surface area (Å²) < 4.78 is 29.2. The molecule has 2 aliphatic rings. The van der Waals surface area contributed by atoms with Gasteiger partial charge in [0.2, 0.25) is 0 Å². The third-order valence-corrected chi connectivity index (χ3v) is 5.69. The van der Waals surface area contributed by atoms with E-state index in [9.17, 15) is 8.42 Å². The summed E-state index contributed by atoms with van der Waals surface area (Å²) in [5, 5.41) is 3.43. The summed E-state index contributed by atoms with van der Waals surface area (Å²) in [5.74, 6) is 0.181. The topological polar surface area (TPSA) is 55.4 Å². The minimum atomic E-state index is -3.10. The Morgan fingerprint density at radius 1 is 1.28 bits per heavy atom. The summed E-state index contributed by atoms with van der Waals surface area (Å²) in [5.41, 5.74) is 0.915. The van der Waals surface area contributed by atoms with Gasteiger partial charge in [0.25, 0.3) is 0 Å². The van der Waals surface area contributed by atoms with Crippen molar-refractivity contribution in [3.63, 3.8) is 0 Å². The van der Waals surface area contributed by atoms with Gasteiger partial charge in [0, 0.05) is 19.2 Å². The van der Waals surface area contributed by atoms with E-state index in [1.165, 1.54) is 0 Å². The first-order valence-electron chi connectivity index (χ1n) is 6.20. The lowest BCUT2D eigenvalue weighted by molar-refractivity contribution is 0.0149. The predicted octanol–water partition coefficient (Wildman–Crippen LogP) is 1.28. The van der Waals surface area contributed by atoms with E-state index in [0.717, 1.165) is 18.4 Å². The van der Waals surface area contributed by atoms with Gasteiger partial charge in [0.05, 0.1) is 16.8 Å². The third-order valence-electron chi connectivity index (χ3n) is 3.88. The molecule has 0 bridgehead atoms. The normalized spacial score (nSPS) is 32.8. The fraction of sp³-hybridized carbons (Fsp3) is 0.538. The van der Waals surface area contributed by atoms with Gasteiger partial charge in [-0.05, 0) is 24.5 Å². The molecular formula is C13H17NO3S. The van der Waals surface area contributed by atoms with Gasteiger partial charge in [0.1, 0.15) is 0 Å². The molecule has 1 aromatic rings. The van der Waals surface area contributed by atoms with E-state index in [2.05, 4.69) is 5.32 Å². The molecule has 98 valence electrons. The Bertz CT molecular complexity index is 549. The largest absolute Gasteiger partial charge is 0.381 e. The van der Waals surface area contributed by atoms with Crippen LogP contribution in [0.4, 0.5) is 0 Å². The molecule has 1 aliphatic heterocycles. The Labute approximate surface area is 107 Å². The van der Waals surface area contributed by atoms with E-state index < -0.39 is 9.84 Å². The van der Waals surface area contributed by atoms with Crippen molar-refractivity contribution in [1.29, 1.82) is 0 Å². The van der Waals surface area contributed by atoms with Crippen LogP contribution in [0, 0.1) is 0 Å². The highest BCUT2D eigenvalue weighted by atomic mass is 32.2. The van der Waals surface area contributed by atoms with Gasteiger partial charge in [-0.3, -0.25) is 0 Å². The molecule has 1 unspecified atom stereocenters. The summed E-state index contributed by atoms with van der Waals surface area (Å²) in [7, 11) is -1.38. The molecular weight excluding hydrogens is 250 g/mol. The Kier molecular flexibility index (Phi) is 2.92. The zero-order valence-corrected chi connectivity index (χ0v) is 11.1. The highest BCUT2D eigenvalue weighted by Gasteiger charge is 2.38. The maximum atomic E-state index is 12.0. The van der Waals surface area contributed by atoms with Gasteiger partial charge < -0.3 is 10.1 Å². The van der Waals surface area contributed by atoms with Crippen molar-refractivity contribution in [2.45, 2.75) is 35.9 Å². The molecule has 5 heteroatoms. The van der Waals surface area contributed by atoms with Gasteiger partial charge in [-0.25, -0.2) is 8.42 Å². The van der Waals surface area contributed by atoms with Gasteiger partial charge in [-0.15, -0.1) is 0 Å². The average Bonchev–Trinajstić information content (AvgIpc) is 2.56. The van der Waals surface area contributed by atoms with E-state index in [0.29, 0.717) is 17.0 Å². The highest BCUT2D eigenvalue weighted by Crippen LogP contribution is 2.35. The second-order valence-electron chi connectivity index (χ2n) is 5.06. The molecule has 1 atom stereocenters. The minimum Gasteiger partial charge on any atom is -0.381 e. The van der Waals surface area contributed by atoms with E-state index in [1.807, 2.05) is 12.1 Å². The van der Waals surface area contributed by atoms with Crippen LogP contribution in [0.15, 0.2) is 29.2 Å². The molecule has 1 aliphatic carbocycles. The quantitative estimate of drug-likeness (QED) is 0.896. The number of nitrogens with one attached hydrogen (secondary N) is 1. The fourth-order valence-electron chi connectivity index (χ4n) is 2.77. The number of hydrogen-bond donors (Lipinski definition) is 1. The lowest BCUT2D eigenvalue weighted by Crippen LogP contribution is -2.46. The zero-order chi connectivity index (χ0) is 12.8. The van der Waals surface area contributed by atoms with Crippen LogP contribution in [0.1, 0.15) is 24.4 Å². The minimum absolute atomic E-state index is 0.0611. The van der Waals surface area contributed by atoms with Crippen molar-refractivity contribution in [3.8, 4) is 0 Å². The Balaban J connectivity index is 1.76. The molecule has 1 saturated carbocycles. The summed E-state index contributed by atoms with van der Waals surface area (Å²) in [6, 6.07) is 7.60. The second kappa shape index (κ2) is 4.33. The van der Waals surface area contributed by atoms with Gasteiger partial charge in [0.15, 0.2) is 9.84 Å². The first-order valence-corrected chi connectivity index (χ1v) is 7.86. The molecule has 1 fully saturated rings. The SMILES string of the molecule is COC1CC(NC2CS(=O)(=O)c3ccccc32)C1. The van der Waals surface area contributed by atoms with Crippen LogP contribution in [0.2, 0.25) is 0 Å². The molecule has 4 nitrogen and oxygen atoms in total. The lowest BCUT2D eigenvalue weighted by Gasteiger charge is -2.36. The molecule has 0 radical (unpaired) electrons. The molecule has 3 rings (SSSR count). The van der Waals surface area contributed by atoms with E-state index >= 15 is 0 Å². The fourth-order valence-corrected chi connectivity index (χ4v) is 4.52. The summed E-state index contributed by atoms with van der Waals surface area (Å²) in [4.78, 5) is 0.491. The van der Waals surface area contributed by atoms with Crippen molar-refractivity contribution in [3.05, 3.63) is 29.8 Å². The second-order valence-corrected chi connectivity index (χ2v) is 7.07. The molecule has 0 saturated heterocycles. The van der Waals surface area contributed by atoms with Crippen LogP contribution in [0.5, 0.6) is 0 Å². The standard InChI is InChI=1S/C13H17NO3S/c1-17-10-6-9(7-10)14-12-8-18(15,16)13-5-3-2-4-11(12)13/h2-5,9-10,12,14H,6-8H2,1H3. The number of ether oxygens (including phenoxy) is 1. The first kappa shape index (κ1) is 12.1. The first-order chi connectivity index (χ1) is 8.60. The van der Waals surface area contributed by atoms with Crippen LogP contribution in [-0.2, 0) is 14.6 Å². The van der Waals surface area contributed by atoms with Crippen molar-refractivity contribution in [1.82, 2.24) is 5.32 Å². The molecule has 0 spiro atoms. The van der Waals surface area contributed by atoms with Crippen molar-refractivity contribution >= 4 is 9.84 Å². The summed E-state index contributed by atoms with van der Waals surface area (Å²) >= 11 is 0. The monoisotopic (exact) mass is 267 g/mol. The van der Waals surface area contributed by atoms with E-state index in [1.54, 1.807) is 19.2 Å². The number of benzene rings is 1. The van der Waals surface area contributed by atoms with Crippen molar-refractivity contribution in [2.75, 3.05) is 12.9 Å². The Hall–Kier alpha value is -0.910. The van der Waals surface area contributed by atoms with Crippen molar-refractivity contribution < 1.29 is 13.2 Å². The molecule has 1 aromatic carbocycles. The van der Waals surface area contributed by atoms with E-state index in [4.69, 9.17) is 4.74 Å². The van der Waals surface area contributed by atoms with Crippen LogP contribution >= 0.6 is 0 Å². The molecule has 1 heterocycles. The number of sulfone groups is 1. The molecule has 0 aromatic heterocycles. The summed E-state index contributed by atoms with van der Waals surface area (Å²) in [6.45, 7) is 0. The smallest absolute Gasteiger partial charge is 0.180 e. The maximum Gasteiger partial charge on any atom is 0.180 e. The van der Waals surface area contributed by atoms with Crippen LogP contribution in [-0.4, -0.2) is 33.4 Å². The van der Waals surface area contributed by atoms with Gasteiger partial charge in [-0.2, -0.15) is 0 Å². The Morgan fingerprint density at radius 2 is 2.00 bits per heavy atom.